The molecule has 3 rings (SSSR count). The Labute approximate surface area is 206 Å². The molecule has 7 nitrogen and oxygen atoms in total. The molecule has 170 valence electrons. The Morgan fingerprint density at radius 1 is 1.03 bits per heavy atom. The number of halogens is 1. The van der Waals surface area contributed by atoms with E-state index in [1.54, 1.807) is 13.3 Å². The normalized spacial score (nSPS) is 11.4. The minimum atomic E-state index is -0.279. The molecule has 0 saturated carbocycles. The zero-order valence-corrected chi connectivity index (χ0v) is 21.1. The molecule has 0 atom stereocenters. The van der Waals surface area contributed by atoms with Gasteiger partial charge in [-0.3, -0.25) is 9.79 Å². The van der Waals surface area contributed by atoms with Gasteiger partial charge in [-0.1, -0.05) is 30.3 Å². The third-order valence-electron chi connectivity index (χ3n) is 4.37. The van der Waals surface area contributed by atoms with E-state index in [2.05, 4.69) is 25.9 Å². The molecule has 0 spiro atoms. The molecular formula is C24H30IN5O2. The Hall–Kier alpha value is -2.88. The topological polar surface area (TPSA) is 91.5 Å². The van der Waals surface area contributed by atoms with Crippen LogP contribution in [0.2, 0.25) is 0 Å². The lowest BCUT2D eigenvalue weighted by Crippen LogP contribution is -2.40. The molecule has 0 aliphatic heterocycles. The van der Waals surface area contributed by atoms with E-state index in [9.17, 15) is 4.79 Å². The molecular weight excluding hydrogens is 517 g/mol. The van der Waals surface area contributed by atoms with Crippen LogP contribution in [0.4, 0.5) is 0 Å². The zero-order chi connectivity index (χ0) is 22.3. The zero-order valence-electron chi connectivity index (χ0n) is 18.8. The number of amides is 1. The van der Waals surface area contributed by atoms with Crippen LogP contribution in [0, 0.1) is 0 Å². The molecule has 0 bridgehead atoms. The molecule has 0 radical (unpaired) electrons. The van der Waals surface area contributed by atoms with Gasteiger partial charge in [-0.05, 0) is 50.6 Å². The Morgan fingerprint density at radius 2 is 1.75 bits per heavy atom. The number of benzene rings is 2. The average molecular weight is 547 g/mol. The number of nitrogens with one attached hydrogen (secondary N) is 3. The third kappa shape index (κ3) is 7.67. The maximum atomic E-state index is 12.4. The second-order valence-corrected chi connectivity index (χ2v) is 8.19. The van der Waals surface area contributed by atoms with Crippen molar-refractivity contribution in [3.63, 3.8) is 0 Å². The average Bonchev–Trinajstić information content (AvgIpc) is 3.23. The lowest BCUT2D eigenvalue weighted by molar-refractivity contribution is 0.0919. The lowest BCUT2D eigenvalue weighted by Gasteiger charge is -2.20. The Balaban J connectivity index is 0.00000363. The van der Waals surface area contributed by atoms with Gasteiger partial charge in [0.05, 0.1) is 12.2 Å². The number of rotatable bonds is 6. The second kappa shape index (κ2) is 11.7. The number of aromatic nitrogens is 1. The molecule has 8 heteroatoms. The number of carbonyl (C=O) groups excluding carboxylic acids is 1. The molecule has 1 heterocycles. The smallest absolute Gasteiger partial charge is 0.251 e. The summed E-state index contributed by atoms with van der Waals surface area (Å²) in [4.78, 5) is 21.1. The molecule has 3 N–H and O–H groups in total. The van der Waals surface area contributed by atoms with Crippen molar-refractivity contribution in [3.05, 3.63) is 77.7 Å². The number of carbonyl (C=O) groups is 1. The molecule has 0 unspecified atom stereocenters. The Kier molecular flexibility index (Phi) is 9.25. The summed E-state index contributed by atoms with van der Waals surface area (Å²) >= 11 is 0. The van der Waals surface area contributed by atoms with E-state index < -0.39 is 0 Å². The fraction of sp³-hybridized carbons (Fsp3) is 0.292. The van der Waals surface area contributed by atoms with Crippen LogP contribution >= 0.6 is 24.0 Å². The van der Waals surface area contributed by atoms with Gasteiger partial charge in [0.2, 0.25) is 5.89 Å². The first-order valence-electron chi connectivity index (χ1n) is 10.2. The van der Waals surface area contributed by atoms with E-state index in [1.165, 1.54) is 0 Å². The van der Waals surface area contributed by atoms with E-state index >= 15 is 0 Å². The van der Waals surface area contributed by atoms with E-state index in [0.717, 1.165) is 16.8 Å². The Morgan fingerprint density at radius 3 is 2.44 bits per heavy atom. The van der Waals surface area contributed by atoms with Crippen LogP contribution < -0.4 is 16.0 Å². The van der Waals surface area contributed by atoms with Crippen molar-refractivity contribution in [2.45, 2.75) is 39.4 Å². The minimum absolute atomic E-state index is 0. The fourth-order valence-electron chi connectivity index (χ4n) is 2.92. The first kappa shape index (κ1) is 25.4. The molecule has 0 aliphatic carbocycles. The summed E-state index contributed by atoms with van der Waals surface area (Å²) < 4.78 is 5.57. The molecule has 0 saturated heterocycles. The van der Waals surface area contributed by atoms with Crippen LogP contribution in [0.15, 0.2) is 70.3 Å². The third-order valence-corrected chi connectivity index (χ3v) is 4.37. The van der Waals surface area contributed by atoms with Crippen LogP contribution in [0.1, 0.15) is 42.4 Å². The van der Waals surface area contributed by atoms with Crippen LogP contribution in [-0.4, -0.2) is 29.4 Å². The van der Waals surface area contributed by atoms with Crippen LogP contribution in [0.3, 0.4) is 0 Å². The lowest BCUT2D eigenvalue weighted by atomic mass is 10.1. The maximum Gasteiger partial charge on any atom is 0.251 e. The highest BCUT2D eigenvalue weighted by Gasteiger charge is 2.15. The summed E-state index contributed by atoms with van der Waals surface area (Å²) in [5, 5.41) is 9.46. The van der Waals surface area contributed by atoms with E-state index in [0.29, 0.717) is 30.5 Å². The molecule has 32 heavy (non-hydrogen) atoms. The monoisotopic (exact) mass is 547 g/mol. The van der Waals surface area contributed by atoms with Crippen molar-refractivity contribution >= 4 is 35.8 Å². The fourth-order valence-corrected chi connectivity index (χ4v) is 2.92. The highest BCUT2D eigenvalue weighted by Crippen LogP contribution is 2.17. The molecule has 1 aromatic heterocycles. The number of oxazole rings is 1. The summed E-state index contributed by atoms with van der Waals surface area (Å²) in [6.07, 6.45) is 1.64. The second-order valence-electron chi connectivity index (χ2n) is 8.19. The van der Waals surface area contributed by atoms with Crippen LogP contribution in [0.25, 0.3) is 11.5 Å². The Bertz CT molecular complexity index is 1040. The van der Waals surface area contributed by atoms with Crippen LogP contribution in [-0.2, 0) is 13.1 Å². The SMILES string of the molecule is CN=C(NCc1cccc(C(=O)NC(C)(C)C)c1)NCc1coc(-c2ccccc2)n1.I. The van der Waals surface area contributed by atoms with E-state index in [4.69, 9.17) is 4.42 Å². The maximum absolute atomic E-state index is 12.4. The number of nitrogens with zero attached hydrogens (tertiary/aromatic N) is 2. The molecule has 1 amide bonds. The first-order valence-corrected chi connectivity index (χ1v) is 10.2. The van der Waals surface area contributed by atoms with Gasteiger partial charge in [0.15, 0.2) is 5.96 Å². The van der Waals surface area contributed by atoms with Crippen molar-refractivity contribution in [1.29, 1.82) is 0 Å². The van der Waals surface area contributed by atoms with Gasteiger partial charge in [0.1, 0.15) is 6.26 Å². The standard InChI is InChI=1S/C24H29N5O2.HI/c1-24(2,3)29-21(30)19-12-8-9-17(13-19)14-26-23(25-4)27-15-20-16-31-22(28-20)18-10-6-5-7-11-18;/h5-13,16H,14-15H2,1-4H3,(H,29,30)(H2,25,26,27);1H. The van der Waals surface area contributed by atoms with Crippen molar-refractivity contribution < 1.29 is 9.21 Å². The largest absolute Gasteiger partial charge is 0.444 e. The molecule has 3 aromatic rings. The minimum Gasteiger partial charge on any atom is -0.444 e. The van der Waals surface area contributed by atoms with Crippen molar-refractivity contribution in [3.8, 4) is 11.5 Å². The number of aliphatic imine (C=N–C) groups is 1. The quantitative estimate of drug-likeness (QED) is 0.243. The molecule has 0 fully saturated rings. The van der Waals surface area contributed by atoms with Crippen molar-refractivity contribution in [1.82, 2.24) is 20.9 Å². The number of hydrogen-bond acceptors (Lipinski definition) is 4. The highest BCUT2D eigenvalue weighted by atomic mass is 127. The summed E-state index contributed by atoms with van der Waals surface area (Å²) in [6, 6.07) is 17.3. The van der Waals surface area contributed by atoms with Crippen molar-refractivity contribution in [2.24, 2.45) is 4.99 Å². The summed E-state index contributed by atoms with van der Waals surface area (Å²) in [6.45, 7) is 6.89. The van der Waals surface area contributed by atoms with E-state index in [1.807, 2.05) is 75.4 Å². The predicted octanol–water partition coefficient (Wildman–Crippen LogP) is 4.35. The van der Waals surface area contributed by atoms with Gasteiger partial charge in [-0.15, -0.1) is 24.0 Å². The van der Waals surface area contributed by atoms with Gasteiger partial charge in [0.25, 0.3) is 5.91 Å². The van der Waals surface area contributed by atoms with Gasteiger partial charge in [-0.2, -0.15) is 0 Å². The predicted molar refractivity (Wildman–Crippen MR) is 138 cm³/mol. The molecule has 2 aromatic carbocycles. The van der Waals surface area contributed by atoms with Crippen LogP contribution in [0.5, 0.6) is 0 Å². The van der Waals surface area contributed by atoms with Gasteiger partial charge in [-0.25, -0.2) is 4.98 Å². The van der Waals surface area contributed by atoms with Gasteiger partial charge >= 0.3 is 0 Å². The number of hydrogen-bond donors (Lipinski definition) is 3. The summed E-state index contributed by atoms with van der Waals surface area (Å²) in [5.41, 5.74) is 3.05. The molecule has 0 aliphatic rings. The van der Waals surface area contributed by atoms with Gasteiger partial charge < -0.3 is 20.4 Å². The highest BCUT2D eigenvalue weighted by molar-refractivity contribution is 14.0. The van der Waals surface area contributed by atoms with E-state index in [-0.39, 0.29) is 35.4 Å². The van der Waals surface area contributed by atoms with Crippen molar-refractivity contribution in [2.75, 3.05) is 7.05 Å². The first-order chi connectivity index (χ1) is 14.8. The summed E-state index contributed by atoms with van der Waals surface area (Å²) in [5.74, 6) is 1.14. The summed E-state index contributed by atoms with van der Waals surface area (Å²) in [7, 11) is 1.71. The van der Waals surface area contributed by atoms with Gasteiger partial charge in [0, 0.05) is 30.3 Å². The number of guanidine groups is 1.